The monoisotopic (exact) mass is 293 g/mol. The maximum Gasteiger partial charge on any atom is 0.146 e. The van der Waals surface area contributed by atoms with Gasteiger partial charge < -0.3 is 10.6 Å². The van der Waals surface area contributed by atoms with Crippen LogP contribution in [0.2, 0.25) is 0 Å². The van der Waals surface area contributed by atoms with Gasteiger partial charge in [0.2, 0.25) is 0 Å². The molecule has 0 unspecified atom stereocenters. The van der Waals surface area contributed by atoms with E-state index in [0.29, 0.717) is 0 Å². The Kier molecular flexibility index (Phi) is 5.59. The molecule has 1 saturated heterocycles. The van der Waals surface area contributed by atoms with Crippen LogP contribution in [0.1, 0.15) is 26.7 Å². The zero-order valence-electron chi connectivity index (χ0n) is 13.3. The van der Waals surface area contributed by atoms with Crippen molar-refractivity contribution in [1.82, 2.24) is 4.90 Å². The summed E-state index contributed by atoms with van der Waals surface area (Å²) in [6.07, 6.45) is 2.24. The van der Waals surface area contributed by atoms with Gasteiger partial charge in [0.1, 0.15) is 5.82 Å². The Hall–Kier alpha value is -1.13. The molecule has 21 heavy (non-hydrogen) atoms. The average molecular weight is 293 g/mol. The van der Waals surface area contributed by atoms with Gasteiger partial charge in [0.25, 0.3) is 0 Å². The van der Waals surface area contributed by atoms with Crippen LogP contribution in [0.4, 0.5) is 10.1 Å². The molecule has 0 saturated carbocycles. The lowest BCUT2D eigenvalue weighted by Gasteiger charge is -2.41. The molecule has 4 heteroatoms. The molecule has 0 amide bonds. The van der Waals surface area contributed by atoms with Crippen molar-refractivity contribution in [3.8, 4) is 0 Å². The number of benzene rings is 1. The van der Waals surface area contributed by atoms with Crippen LogP contribution in [0.3, 0.4) is 0 Å². The zero-order valence-corrected chi connectivity index (χ0v) is 13.3. The van der Waals surface area contributed by atoms with E-state index in [1.165, 1.54) is 6.07 Å². The Labute approximate surface area is 127 Å². The summed E-state index contributed by atoms with van der Waals surface area (Å²) in [4.78, 5) is 4.63. The van der Waals surface area contributed by atoms with Gasteiger partial charge in [-0.15, -0.1) is 0 Å². The maximum atomic E-state index is 13.8. The highest BCUT2D eigenvalue weighted by atomic mass is 19.1. The normalized spacial score (nSPS) is 17.2. The van der Waals surface area contributed by atoms with E-state index in [4.69, 9.17) is 5.73 Å². The molecule has 2 N–H and O–H groups in total. The highest BCUT2D eigenvalue weighted by Crippen LogP contribution is 2.27. The Balaban J connectivity index is 1.93. The minimum Gasteiger partial charge on any atom is -0.367 e. The Morgan fingerprint density at radius 3 is 2.24 bits per heavy atom. The van der Waals surface area contributed by atoms with Gasteiger partial charge in [-0.05, 0) is 36.9 Å². The van der Waals surface area contributed by atoms with E-state index in [2.05, 4.69) is 23.6 Å². The number of rotatable bonds is 6. The molecule has 3 nitrogen and oxygen atoms in total. The minimum absolute atomic E-state index is 0.121. The quantitative estimate of drug-likeness (QED) is 0.875. The standard InChI is InChI=1S/C17H28FN3/c1-3-17(4-2,13-19)14-20-9-11-21(12-10-20)16-8-6-5-7-15(16)18/h5-8H,3-4,9-14,19H2,1-2H3. The first-order chi connectivity index (χ1) is 10.1. The summed E-state index contributed by atoms with van der Waals surface area (Å²) in [5, 5.41) is 0. The molecular weight excluding hydrogens is 265 g/mol. The maximum absolute atomic E-state index is 13.8. The first-order valence-corrected chi connectivity index (χ1v) is 8.06. The van der Waals surface area contributed by atoms with Crippen LogP contribution < -0.4 is 10.6 Å². The predicted octanol–water partition coefficient (Wildman–Crippen LogP) is 2.71. The van der Waals surface area contributed by atoms with Gasteiger partial charge in [-0.3, -0.25) is 4.90 Å². The minimum atomic E-state index is -0.121. The smallest absolute Gasteiger partial charge is 0.146 e. The van der Waals surface area contributed by atoms with Crippen molar-refractivity contribution in [2.45, 2.75) is 26.7 Å². The van der Waals surface area contributed by atoms with Gasteiger partial charge in [-0.1, -0.05) is 26.0 Å². The van der Waals surface area contributed by atoms with Gasteiger partial charge >= 0.3 is 0 Å². The third-order valence-electron chi connectivity index (χ3n) is 5.06. The van der Waals surface area contributed by atoms with Crippen molar-refractivity contribution in [2.75, 3.05) is 44.2 Å². The molecule has 0 radical (unpaired) electrons. The van der Waals surface area contributed by atoms with Crippen LogP contribution in [0.15, 0.2) is 24.3 Å². The second kappa shape index (κ2) is 7.23. The number of hydrogen-bond acceptors (Lipinski definition) is 3. The summed E-state index contributed by atoms with van der Waals surface area (Å²) in [6, 6.07) is 7.05. The number of halogens is 1. The number of piperazine rings is 1. The SMILES string of the molecule is CCC(CC)(CN)CN1CCN(c2ccccc2F)CC1. The van der Waals surface area contributed by atoms with Crippen molar-refractivity contribution >= 4 is 5.69 Å². The largest absolute Gasteiger partial charge is 0.367 e. The van der Waals surface area contributed by atoms with Crippen molar-refractivity contribution in [2.24, 2.45) is 11.1 Å². The second-order valence-corrected chi connectivity index (χ2v) is 6.13. The summed E-state index contributed by atoms with van der Waals surface area (Å²) in [5.41, 5.74) is 6.96. The molecule has 1 aliphatic heterocycles. The van der Waals surface area contributed by atoms with E-state index in [1.54, 1.807) is 6.07 Å². The van der Waals surface area contributed by atoms with Gasteiger partial charge in [0.15, 0.2) is 0 Å². The van der Waals surface area contributed by atoms with Crippen LogP contribution in [0.25, 0.3) is 0 Å². The fourth-order valence-electron chi connectivity index (χ4n) is 3.16. The fourth-order valence-corrected chi connectivity index (χ4v) is 3.16. The molecular formula is C17H28FN3. The highest BCUT2D eigenvalue weighted by molar-refractivity contribution is 5.47. The van der Waals surface area contributed by atoms with E-state index >= 15 is 0 Å². The van der Waals surface area contributed by atoms with Crippen molar-refractivity contribution in [3.63, 3.8) is 0 Å². The molecule has 0 bridgehead atoms. The second-order valence-electron chi connectivity index (χ2n) is 6.13. The highest BCUT2D eigenvalue weighted by Gasteiger charge is 2.29. The number of hydrogen-bond donors (Lipinski definition) is 1. The number of anilines is 1. The fraction of sp³-hybridized carbons (Fsp3) is 0.647. The van der Waals surface area contributed by atoms with Gasteiger partial charge in [0, 0.05) is 32.7 Å². The van der Waals surface area contributed by atoms with E-state index < -0.39 is 0 Å². The van der Waals surface area contributed by atoms with Crippen molar-refractivity contribution in [1.29, 1.82) is 0 Å². The van der Waals surface area contributed by atoms with Crippen LogP contribution in [-0.2, 0) is 0 Å². The van der Waals surface area contributed by atoms with E-state index in [9.17, 15) is 4.39 Å². The first-order valence-electron chi connectivity index (χ1n) is 8.06. The first kappa shape index (κ1) is 16.2. The summed E-state index contributed by atoms with van der Waals surface area (Å²) in [7, 11) is 0. The predicted molar refractivity (Wildman–Crippen MR) is 87.1 cm³/mol. The molecule has 1 aromatic carbocycles. The third kappa shape index (κ3) is 3.74. The number of nitrogens with two attached hydrogens (primary N) is 1. The van der Waals surface area contributed by atoms with E-state index in [1.807, 2.05) is 12.1 Å². The van der Waals surface area contributed by atoms with Crippen LogP contribution in [0.5, 0.6) is 0 Å². The van der Waals surface area contributed by atoms with Gasteiger partial charge in [-0.2, -0.15) is 0 Å². The lowest BCUT2D eigenvalue weighted by Crippen LogP contribution is -2.51. The molecule has 0 aromatic heterocycles. The lowest BCUT2D eigenvalue weighted by atomic mass is 9.82. The third-order valence-corrected chi connectivity index (χ3v) is 5.06. The lowest BCUT2D eigenvalue weighted by molar-refractivity contribution is 0.137. The molecule has 1 aromatic rings. The molecule has 0 spiro atoms. The molecule has 0 atom stereocenters. The number of para-hydroxylation sites is 1. The molecule has 118 valence electrons. The topological polar surface area (TPSA) is 32.5 Å². The zero-order chi connectivity index (χ0) is 15.3. The van der Waals surface area contributed by atoms with Gasteiger partial charge in [-0.25, -0.2) is 4.39 Å². The molecule has 0 aliphatic carbocycles. The van der Waals surface area contributed by atoms with Crippen molar-refractivity contribution < 1.29 is 4.39 Å². The summed E-state index contributed by atoms with van der Waals surface area (Å²) in [6.45, 7) is 9.99. The van der Waals surface area contributed by atoms with Gasteiger partial charge in [0.05, 0.1) is 5.69 Å². The molecule has 1 aliphatic rings. The molecule has 1 fully saturated rings. The Bertz CT molecular complexity index is 429. The molecule has 1 heterocycles. The van der Waals surface area contributed by atoms with Crippen molar-refractivity contribution in [3.05, 3.63) is 30.1 Å². The molecule has 2 rings (SSSR count). The Morgan fingerprint density at radius 1 is 1.10 bits per heavy atom. The van der Waals surface area contributed by atoms with Crippen LogP contribution >= 0.6 is 0 Å². The summed E-state index contributed by atoms with van der Waals surface area (Å²) >= 11 is 0. The summed E-state index contributed by atoms with van der Waals surface area (Å²) in [5.74, 6) is -0.121. The van der Waals surface area contributed by atoms with E-state index in [0.717, 1.165) is 57.8 Å². The summed E-state index contributed by atoms with van der Waals surface area (Å²) < 4.78 is 13.8. The average Bonchev–Trinajstić information content (AvgIpc) is 2.54. The van der Waals surface area contributed by atoms with E-state index in [-0.39, 0.29) is 11.2 Å². The van der Waals surface area contributed by atoms with Crippen LogP contribution in [-0.4, -0.2) is 44.2 Å². The van der Waals surface area contributed by atoms with Crippen LogP contribution in [0, 0.1) is 11.2 Å². The Morgan fingerprint density at radius 2 is 1.71 bits per heavy atom. The number of nitrogens with zero attached hydrogens (tertiary/aromatic N) is 2.